The number of rotatable bonds is 3. The minimum atomic E-state index is -0.603. The maximum atomic E-state index is 13.6. The third kappa shape index (κ3) is 3.15. The van der Waals surface area contributed by atoms with Gasteiger partial charge in [-0.1, -0.05) is 29.8 Å². The molecule has 1 atom stereocenters. The first-order valence-corrected chi connectivity index (χ1v) is 11.2. The molecule has 4 aromatic rings. The molecular weight excluding hydrogens is 408 g/mol. The first kappa shape index (κ1) is 19.6. The summed E-state index contributed by atoms with van der Waals surface area (Å²) in [5.74, 6) is 0.227. The van der Waals surface area contributed by atoms with Gasteiger partial charge >= 0.3 is 0 Å². The highest BCUT2D eigenvalue weighted by Gasteiger charge is 2.44. The molecule has 6 heteroatoms. The van der Waals surface area contributed by atoms with Crippen molar-refractivity contribution in [3.8, 4) is 0 Å². The molecule has 3 heterocycles. The summed E-state index contributed by atoms with van der Waals surface area (Å²) in [6, 6.07) is 18.3. The summed E-state index contributed by atoms with van der Waals surface area (Å²) in [5, 5.41) is 0.483. The van der Waals surface area contributed by atoms with Gasteiger partial charge in [0.05, 0.1) is 17.0 Å². The number of thioether (sulfide) groups is 1. The van der Waals surface area contributed by atoms with E-state index in [1.807, 2.05) is 68.6 Å². The molecule has 0 fully saturated rings. The minimum Gasteiger partial charge on any atom is -0.450 e. The average Bonchev–Trinajstić information content (AvgIpc) is 3.07. The average molecular weight is 429 g/mol. The Hall–Kier alpha value is -3.38. The van der Waals surface area contributed by atoms with Crippen molar-refractivity contribution >= 4 is 34.5 Å². The van der Waals surface area contributed by atoms with Crippen molar-refractivity contribution in [2.45, 2.75) is 24.8 Å². The van der Waals surface area contributed by atoms with Crippen molar-refractivity contribution in [2.24, 2.45) is 0 Å². The summed E-state index contributed by atoms with van der Waals surface area (Å²) in [6.07, 6.45) is 2.01. The van der Waals surface area contributed by atoms with Crippen LogP contribution in [0.2, 0.25) is 0 Å². The second-order valence-electron chi connectivity index (χ2n) is 7.66. The third-order valence-corrected chi connectivity index (χ3v) is 6.32. The number of hydrogen-bond donors (Lipinski definition) is 0. The van der Waals surface area contributed by atoms with E-state index in [4.69, 9.17) is 4.42 Å². The molecule has 0 bridgehead atoms. The third-order valence-electron chi connectivity index (χ3n) is 5.58. The SMILES string of the molecule is CSc1ccc([C@H]2c3c(oc4ccc(C)cc4c3=O)C(=O)N2c2cccc(C)n2)cc1. The first-order valence-electron chi connectivity index (χ1n) is 9.96. The number of hydrogen-bond acceptors (Lipinski definition) is 5. The molecule has 5 nitrogen and oxygen atoms in total. The van der Waals surface area contributed by atoms with E-state index in [-0.39, 0.29) is 17.1 Å². The zero-order valence-electron chi connectivity index (χ0n) is 17.4. The van der Waals surface area contributed by atoms with Gasteiger partial charge in [-0.3, -0.25) is 14.5 Å². The molecule has 31 heavy (non-hydrogen) atoms. The number of nitrogens with zero attached hydrogens (tertiary/aromatic N) is 2. The number of carbonyl (C=O) groups is 1. The molecule has 154 valence electrons. The molecule has 1 aliphatic heterocycles. The van der Waals surface area contributed by atoms with Crippen LogP contribution in [-0.2, 0) is 0 Å². The van der Waals surface area contributed by atoms with Crippen molar-refractivity contribution in [1.82, 2.24) is 4.98 Å². The molecule has 1 aliphatic rings. The monoisotopic (exact) mass is 428 g/mol. The molecule has 0 aliphatic carbocycles. The van der Waals surface area contributed by atoms with Gasteiger partial charge in [-0.15, -0.1) is 11.8 Å². The van der Waals surface area contributed by atoms with Crippen LogP contribution in [0.15, 0.2) is 74.8 Å². The highest BCUT2D eigenvalue weighted by Crippen LogP contribution is 2.41. The zero-order valence-corrected chi connectivity index (χ0v) is 18.2. The normalized spacial score (nSPS) is 15.5. The van der Waals surface area contributed by atoms with Gasteiger partial charge in [0, 0.05) is 10.6 Å². The summed E-state index contributed by atoms with van der Waals surface area (Å²) >= 11 is 1.64. The molecule has 1 amide bonds. The van der Waals surface area contributed by atoms with Crippen molar-refractivity contribution in [1.29, 1.82) is 0 Å². The Morgan fingerprint density at radius 1 is 1.00 bits per heavy atom. The topological polar surface area (TPSA) is 63.4 Å². The number of aryl methyl sites for hydroxylation is 2. The number of fused-ring (bicyclic) bond motifs is 2. The molecule has 2 aromatic heterocycles. The maximum Gasteiger partial charge on any atom is 0.296 e. The molecule has 0 saturated carbocycles. The fraction of sp³-hybridized carbons (Fsp3) is 0.160. The van der Waals surface area contributed by atoms with Crippen LogP contribution in [0.4, 0.5) is 5.82 Å². The van der Waals surface area contributed by atoms with Crippen LogP contribution in [0.5, 0.6) is 0 Å². The highest BCUT2D eigenvalue weighted by atomic mass is 32.2. The first-order chi connectivity index (χ1) is 15.0. The van der Waals surface area contributed by atoms with Crippen LogP contribution in [0.1, 0.15) is 39.0 Å². The second kappa shape index (κ2) is 7.39. The number of carbonyl (C=O) groups excluding carboxylic acids is 1. The van der Waals surface area contributed by atoms with Crippen molar-refractivity contribution in [2.75, 3.05) is 11.2 Å². The molecule has 0 radical (unpaired) electrons. The van der Waals surface area contributed by atoms with E-state index in [1.54, 1.807) is 28.8 Å². The Balaban J connectivity index is 1.80. The molecule has 2 aromatic carbocycles. The Kier molecular flexibility index (Phi) is 4.67. The van der Waals surface area contributed by atoms with Crippen molar-refractivity contribution in [3.63, 3.8) is 0 Å². The standard InChI is InChI=1S/C25H20N2O3S/c1-14-7-12-19-18(13-14)23(28)21-22(16-8-10-17(31-3)11-9-16)27(25(29)24(21)30-19)20-6-4-5-15(2)26-20/h4-13,22H,1-3H3/t22-/m0/s1. The van der Waals surface area contributed by atoms with E-state index in [1.165, 1.54) is 0 Å². The largest absolute Gasteiger partial charge is 0.450 e. The van der Waals surface area contributed by atoms with Gasteiger partial charge in [0.1, 0.15) is 11.4 Å². The molecule has 0 spiro atoms. The minimum absolute atomic E-state index is 0.0867. The maximum absolute atomic E-state index is 13.6. The lowest BCUT2D eigenvalue weighted by atomic mass is 9.98. The summed E-state index contributed by atoms with van der Waals surface area (Å²) in [4.78, 5) is 34.4. The van der Waals surface area contributed by atoms with Crippen LogP contribution < -0.4 is 10.3 Å². The van der Waals surface area contributed by atoms with Gasteiger partial charge in [0.2, 0.25) is 5.76 Å². The number of anilines is 1. The molecule has 0 unspecified atom stereocenters. The van der Waals surface area contributed by atoms with Crippen LogP contribution in [-0.4, -0.2) is 17.1 Å². The number of pyridine rings is 1. The number of benzene rings is 2. The molecule has 0 saturated heterocycles. The van der Waals surface area contributed by atoms with Gasteiger partial charge < -0.3 is 4.42 Å². The smallest absolute Gasteiger partial charge is 0.296 e. The lowest BCUT2D eigenvalue weighted by molar-refractivity contribution is 0.0970. The Morgan fingerprint density at radius 3 is 2.48 bits per heavy atom. The summed E-state index contributed by atoms with van der Waals surface area (Å²) in [7, 11) is 0. The van der Waals surface area contributed by atoms with Crippen LogP contribution >= 0.6 is 11.8 Å². The van der Waals surface area contributed by atoms with E-state index in [0.29, 0.717) is 22.4 Å². The second-order valence-corrected chi connectivity index (χ2v) is 8.54. The fourth-order valence-electron chi connectivity index (χ4n) is 4.09. The van der Waals surface area contributed by atoms with Crippen LogP contribution in [0.3, 0.4) is 0 Å². The molecule has 5 rings (SSSR count). The van der Waals surface area contributed by atoms with Gasteiger partial charge in [-0.25, -0.2) is 4.98 Å². The van der Waals surface area contributed by atoms with Gasteiger partial charge in [-0.2, -0.15) is 0 Å². The van der Waals surface area contributed by atoms with Crippen molar-refractivity contribution in [3.05, 3.63) is 99.0 Å². The van der Waals surface area contributed by atoms with Crippen LogP contribution in [0, 0.1) is 13.8 Å². The van der Waals surface area contributed by atoms with E-state index < -0.39 is 6.04 Å². The predicted molar refractivity (Wildman–Crippen MR) is 123 cm³/mol. The number of aromatic nitrogens is 1. The fourth-order valence-corrected chi connectivity index (χ4v) is 4.50. The van der Waals surface area contributed by atoms with Crippen LogP contribution in [0.25, 0.3) is 11.0 Å². The van der Waals surface area contributed by atoms with E-state index >= 15 is 0 Å². The van der Waals surface area contributed by atoms with Gasteiger partial charge in [0.15, 0.2) is 5.43 Å². The zero-order chi connectivity index (χ0) is 21.7. The lowest BCUT2D eigenvalue weighted by Gasteiger charge is -2.24. The Bertz CT molecular complexity index is 1390. The lowest BCUT2D eigenvalue weighted by Crippen LogP contribution is -2.30. The molecular formula is C25H20N2O3S. The van der Waals surface area contributed by atoms with Gasteiger partial charge in [0.25, 0.3) is 5.91 Å². The van der Waals surface area contributed by atoms with E-state index in [9.17, 15) is 9.59 Å². The van der Waals surface area contributed by atoms with E-state index in [0.717, 1.165) is 21.7 Å². The number of amides is 1. The van der Waals surface area contributed by atoms with Crippen molar-refractivity contribution < 1.29 is 9.21 Å². The summed E-state index contributed by atoms with van der Waals surface area (Å²) in [5.41, 5.74) is 3.19. The summed E-state index contributed by atoms with van der Waals surface area (Å²) in [6.45, 7) is 3.80. The Labute approximate surface area is 183 Å². The predicted octanol–water partition coefficient (Wildman–Crippen LogP) is 5.28. The quantitative estimate of drug-likeness (QED) is 0.416. The Morgan fingerprint density at radius 2 is 1.77 bits per heavy atom. The summed E-state index contributed by atoms with van der Waals surface area (Å²) < 4.78 is 6.01. The highest BCUT2D eigenvalue weighted by molar-refractivity contribution is 7.98. The molecule has 0 N–H and O–H groups in total. The van der Waals surface area contributed by atoms with E-state index in [2.05, 4.69) is 4.98 Å². The van der Waals surface area contributed by atoms with Gasteiger partial charge in [-0.05, 0) is 62.1 Å².